The minimum atomic E-state index is -0.691. The second-order valence-electron chi connectivity index (χ2n) is 8.59. The largest absolute Gasteiger partial charge is 0.352 e. The molecule has 3 aromatic carbocycles. The van der Waals surface area contributed by atoms with Crippen molar-refractivity contribution in [3.63, 3.8) is 0 Å². The van der Waals surface area contributed by atoms with Crippen molar-refractivity contribution in [3.05, 3.63) is 104 Å². The maximum atomic E-state index is 13.8. The summed E-state index contributed by atoms with van der Waals surface area (Å²) >= 11 is 15.9. The van der Waals surface area contributed by atoms with Crippen LogP contribution in [0.2, 0.25) is 10.0 Å². The van der Waals surface area contributed by atoms with Crippen LogP contribution in [-0.4, -0.2) is 28.8 Å². The van der Waals surface area contributed by atoms with Gasteiger partial charge in [0.1, 0.15) is 6.04 Å². The third-order valence-electron chi connectivity index (χ3n) is 5.87. The van der Waals surface area contributed by atoms with E-state index < -0.39 is 6.04 Å². The van der Waals surface area contributed by atoms with Crippen molar-refractivity contribution in [3.8, 4) is 0 Å². The summed E-state index contributed by atoms with van der Waals surface area (Å²) in [5.74, 6) is -0.358. The molecular weight excluding hydrogens is 547 g/mol. The van der Waals surface area contributed by atoms with E-state index >= 15 is 0 Å². The number of hydrogen-bond acceptors (Lipinski definition) is 2. The van der Waals surface area contributed by atoms with Crippen molar-refractivity contribution in [1.82, 2.24) is 10.2 Å². The normalized spacial score (nSPS) is 12.6. The standard InChI is InChI=1S/C28H29BrCl2N2O2/c1-3-19(2)32-28(35)26(15-20-8-5-4-6-9-20)33(18-21-10-7-11-23(29)14-21)27(34)16-22-12-13-24(30)17-25(22)31/h4-14,17,19,26H,3,15-16,18H2,1-2H3,(H,32,35). The molecule has 0 aliphatic carbocycles. The van der Waals surface area contributed by atoms with Crippen LogP contribution in [0.5, 0.6) is 0 Å². The monoisotopic (exact) mass is 574 g/mol. The molecule has 0 radical (unpaired) electrons. The Hall–Kier alpha value is -2.34. The van der Waals surface area contributed by atoms with Gasteiger partial charge < -0.3 is 10.2 Å². The topological polar surface area (TPSA) is 49.4 Å². The fourth-order valence-corrected chi connectivity index (χ4v) is 4.68. The Kier molecular flexibility index (Phi) is 10.2. The molecule has 0 saturated carbocycles. The first-order valence-electron chi connectivity index (χ1n) is 11.6. The number of hydrogen-bond donors (Lipinski definition) is 1. The molecule has 0 heterocycles. The molecule has 0 spiro atoms. The molecule has 3 rings (SSSR count). The highest BCUT2D eigenvalue weighted by atomic mass is 79.9. The van der Waals surface area contributed by atoms with Gasteiger partial charge in [0.2, 0.25) is 11.8 Å². The second-order valence-corrected chi connectivity index (χ2v) is 10.3. The number of halogens is 3. The van der Waals surface area contributed by atoms with Crippen LogP contribution in [0.1, 0.15) is 37.0 Å². The number of nitrogens with one attached hydrogen (secondary N) is 1. The van der Waals surface area contributed by atoms with Gasteiger partial charge in [-0.25, -0.2) is 0 Å². The minimum Gasteiger partial charge on any atom is -0.352 e. The van der Waals surface area contributed by atoms with E-state index in [1.807, 2.05) is 68.4 Å². The average molecular weight is 576 g/mol. The Morgan fingerprint density at radius 1 is 0.971 bits per heavy atom. The van der Waals surface area contributed by atoms with E-state index in [0.717, 1.165) is 22.0 Å². The lowest BCUT2D eigenvalue weighted by atomic mass is 10.0. The van der Waals surface area contributed by atoms with Crippen LogP contribution in [0.25, 0.3) is 0 Å². The molecule has 4 nitrogen and oxygen atoms in total. The van der Waals surface area contributed by atoms with Crippen LogP contribution in [0.4, 0.5) is 0 Å². The lowest BCUT2D eigenvalue weighted by Gasteiger charge is -2.32. The molecular formula is C28H29BrCl2N2O2. The molecule has 1 N–H and O–H groups in total. The van der Waals surface area contributed by atoms with Gasteiger partial charge in [-0.05, 0) is 54.3 Å². The molecule has 0 aliphatic heterocycles. The summed E-state index contributed by atoms with van der Waals surface area (Å²) in [5.41, 5.74) is 2.57. The molecule has 3 aromatic rings. The zero-order valence-electron chi connectivity index (χ0n) is 19.8. The number of benzene rings is 3. The van der Waals surface area contributed by atoms with Crippen molar-refractivity contribution >= 4 is 50.9 Å². The summed E-state index contributed by atoms with van der Waals surface area (Å²) in [6.45, 7) is 4.27. The Morgan fingerprint density at radius 2 is 1.69 bits per heavy atom. The summed E-state index contributed by atoms with van der Waals surface area (Å²) in [6, 6.07) is 21.9. The smallest absolute Gasteiger partial charge is 0.243 e. The van der Waals surface area contributed by atoms with Gasteiger partial charge in [0.25, 0.3) is 0 Å². The van der Waals surface area contributed by atoms with Crippen LogP contribution >= 0.6 is 39.1 Å². The van der Waals surface area contributed by atoms with E-state index in [1.54, 1.807) is 23.1 Å². The average Bonchev–Trinajstić information content (AvgIpc) is 2.83. The van der Waals surface area contributed by atoms with Crippen LogP contribution in [0.3, 0.4) is 0 Å². The Labute approximate surface area is 225 Å². The highest BCUT2D eigenvalue weighted by molar-refractivity contribution is 9.10. The van der Waals surface area contributed by atoms with E-state index in [9.17, 15) is 9.59 Å². The minimum absolute atomic E-state index is 0.00527. The van der Waals surface area contributed by atoms with E-state index in [4.69, 9.17) is 23.2 Å². The second kappa shape index (κ2) is 13.1. The van der Waals surface area contributed by atoms with Gasteiger partial charge in [-0.1, -0.05) is 94.6 Å². The first kappa shape index (κ1) is 27.3. The van der Waals surface area contributed by atoms with E-state index in [0.29, 0.717) is 22.0 Å². The van der Waals surface area contributed by atoms with Crippen LogP contribution in [0, 0.1) is 0 Å². The van der Waals surface area contributed by atoms with Gasteiger partial charge >= 0.3 is 0 Å². The Morgan fingerprint density at radius 3 is 2.34 bits per heavy atom. The molecule has 0 aliphatic rings. The third-order valence-corrected chi connectivity index (χ3v) is 6.95. The molecule has 2 unspecified atom stereocenters. The van der Waals surface area contributed by atoms with E-state index in [2.05, 4.69) is 21.2 Å². The van der Waals surface area contributed by atoms with Gasteiger partial charge in [-0.2, -0.15) is 0 Å². The fourth-order valence-electron chi connectivity index (χ4n) is 3.76. The van der Waals surface area contributed by atoms with Crippen LogP contribution < -0.4 is 5.32 Å². The van der Waals surface area contributed by atoms with Crippen LogP contribution in [-0.2, 0) is 29.0 Å². The Balaban J connectivity index is 1.99. The van der Waals surface area contributed by atoms with Gasteiger partial charge in [0.05, 0.1) is 6.42 Å². The lowest BCUT2D eigenvalue weighted by Crippen LogP contribution is -2.52. The highest BCUT2D eigenvalue weighted by Gasteiger charge is 2.31. The third kappa shape index (κ3) is 8.09. The van der Waals surface area contributed by atoms with Crippen molar-refractivity contribution in [2.75, 3.05) is 0 Å². The predicted octanol–water partition coefficient (Wildman–Crippen LogP) is 6.85. The first-order chi connectivity index (χ1) is 16.8. The molecule has 7 heteroatoms. The number of carbonyl (C=O) groups is 2. The number of amides is 2. The van der Waals surface area contributed by atoms with E-state index in [1.165, 1.54) is 0 Å². The van der Waals surface area contributed by atoms with E-state index in [-0.39, 0.29) is 30.8 Å². The van der Waals surface area contributed by atoms with Crippen molar-refractivity contribution < 1.29 is 9.59 Å². The summed E-state index contributed by atoms with van der Waals surface area (Å²) in [4.78, 5) is 29.0. The van der Waals surface area contributed by atoms with Crippen LogP contribution in [0.15, 0.2) is 77.3 Å². The molecule has 0 bridgehead atoms. The maximum absolute atomic E-state index is 13.8. The fraction of sp³-hybridized carbons (Fsp3) is 0.286. The predicted molar refractivity (Wildman–Crippen MR) is 147 cm³/mol. The maximum Gasteiger partial charge on any atom is 0.243 e. The van der Waals surface area contributed by atoms with Gasteiger partial charge in [-0.15, -0.1) is 0 Å². The van der Waals surface area contributed by atoms with Gasteiger partial charge in [0.15, 0.2) is 0 Å². The molecule has 35 heavy (non-hydrogen) atoms. The molecule has 0 saturated heterocycles. The molecule has 2 atom stereocenters. The van der Waals surface area contributed by atoms with Gasteiger partial charge in [0, 0.05) is 33.5 Å². The SMILES string of the molecule is CCC(C)NC(=O)C(Cc1ccccc1)N(Cc1cccc(Br)c1)C(=O)Cc1ccc(Cl)cc1Cl. The number of carbonyl (C=O) groups excluding carboxylic acids is 2. The summed E-state index contributed by atoms with van der Waals surface area (Å²) in [7, 11) is 0. The molecule has 2 amide bonds. The molecule has 184 valence electrons. The van der Waals surface area contributed by atoms with Gasteiger partial charge in [-0.3, -0.25) is 9.59 Å². The Bertz CT molecular complexity index is 1160. The summed E-state index contributed by atoms with van der Waals surface area (Å²) in [5, 5.41) is 4.01. The zero-order valence-corrected chi connectivity index (χ0v) is 22.9. The van der Waals surface area contributed by atoms with Crippen molar-refractivity contribution in [2.24, 2.45) is 0 Å². The number of rotatable bonds is 10. The number of nitrogens with zero attached hydrogens (tertiary/aromatic N) is 1. The molecule has 0 aromatic heterocycles. The highest BCUT2D eigenvalue weighted by Crippen LogP contribution is 2.24. The zero-order chi connectivity index (χ0) is 25.4. The lowest BCUT2D eigenvalue weighted by molar-refractivity contribution is -0.141. The summed E-state index contributed by atoms with van der Waals surface area (Å²) < 4.78 is 0.909. The first-order valence-corrected chi connectivity index (χ1v) is 13.1. The van der Waals surface area contributed by atoms with Crippen molar-refractivity contribution in [2.45, 2.75) is 51.7 Å². The summed E-state index contributed by atoms with van der Waals surface area (Å²) in [6.07, 6.45) is 1.26. The molecule has 0 fully saturated rings. The quantitative estimate of drug-likeness (QED) is 0.287. The van der Waals surface area contributed by atoms with Crippen molar-refractivity contribution in [1.29, 1.82) is 0 Å².